The highest BCUT2D eigenvalue weighted by molar-refractivity contribution is 7.18. The van der Waals surface area contributed by atoms with Crippen molar-refractivity contribution in [1.82, 2.24) is 5.32 Å². The first kappa shape index (κ1) is 9.85. The number of carbonyl (C=O) groups is 1. The molecule has 0 aliphatic rings. The summed E-state index contributed by atoms with van der Waals surface area (Å²) in [5, 5.41) is 6.55. The molecule has 4 N–H and O–H groups in total. The summed E-state index contributed by atoms with van der Waals surface area (Å²) in [6, 6.07) is 1.76. The highest BCUT2D eigenvalue weighted by Crippen LogP contribution is 2.28. The molecule has 0 saturated heterocycles. The molecule has 13 heavy (non-hydrogen) atoms. The van der Waals surface area contributed by atoms with E-state index in [1.54, 1.807) is 13.1 Å². The van der Waals surface area contributed by atoms with Crippen LogP contribution in [0.25, 0.3) is 0 Å². The van der Waals surface area contributed by atoms with Gasteiger partial charge in [0.1, 0.15) is 4.88 Å². The van der Waals surface area contributed by atoms with E-state index in [4.69, 9.17) is 5.73 Å². The molecule has 0 aliphatic carbocycles. The Balaban J connectivity index is 2.87. The zero-order valence-corrected chi connectivity index (χ0v) is 8.49. The molecular weight excluding hydrogens is 186 g/mol. The van der Waals surface area contributed by atoms with Gasteiger partial charge in [-0.2, -0.15) is 0 Å². The van der Waals surface area contributed by atoms with Crippen LogP contribution in [0.15, 0.2) is 6.07 Å². The summed E-state index contributed by atoms with van der Waals surface area (Å²) in [4.78, 5) is 12.0. The molecule has 0 bridgehead atoms. The van der Waals surface area contributed by atoms with Crippen LogP contribution >= 0.6 is 11.3 Å². The number of carbonyl (C=O) groups excluding carboxylic acids is 1. The van der Waals surface area contributed by atoms with Gasteiger partial charge in [0.2, 0.25) is 0 Å². The molecule has 0 spiro atoms. The number of hydrogen-bond acceptors (Lipinski definition) is 4. The van der Waals surface area contributed by atoms with Crippen LogP contribution in [0.2, 0.25) is 0 Å². The lowest BCUT2D eigenvalue weighted by Crippen LogP contribution is -2.22. The first-order valence-electron chi connectivity index (χ1n) is 4.04. The van der Waals surface area contributed by atoms with Crippen LogP contribution < -0.4 is 16.4 Å². The van der Waals surface area contributed by atoms with Gasteiger partial charge in [-0.1, -0.05) is 0 Å². The number of rotatable bonds is 3. The van der Waals surface area contributed by atoms with Gasteiger partial charge in [-0.15, -0.1) is 11.3 Å². The lowest BCUT2D eigenvalue weighted by molar-refractivity contribution is 0.0960. The van der Waals surface area contributed by atoms with E-state index < -0.39 is 0 Å². The van der Waals surface area contributed by atoms with Gasteiger partial charge in [-0.25, -0.2) is 0 Å². The highest BCUT2D eigenvalue weighted by Gasteiger charge is 2.12. The first-order chi connectivity index (χ1) is 6.19. The van der Waals surface area contributed by atoms with Gasteiger partial charge in [-0.3, -0.25) is 4.79 Å². The molecular formula is C8H13N3OS. The van der Waals surface area contributed by atoms with Gasteiger partial charge in [0.15, 0.2) is 0 Å². The summed E-state index contributed by atoms with van der Waals surface area (Å²) in [6.45, 7) is 2.49. The Bertz CT molecular complexity index is 308. The largest absolute Gasteiger partial charge is 0.397 e. The summed E-state index contributed by atoms with van der Waals surface area (Å²) < 4.78 is 0. The Kier molecular flexibility index (Phi) is 3.13. The predicted octanol–water partition coefficient (Wildman–Crippen LogP) is 1.12. The van der Waals surface area contributed by atoms with Crippen LogP contribution in [0, 0.1) is 0 Å². The Morgan fingerprint density at radius 3 is 2.85 bits per heavy atom. The van der Waals surface area contributed by atoms with E-state index in [9.17, 15) is 4.79 Å². The van der Waals surface area contributed by atoms with Crippen molar-refractivity contribution in [3.8, 4) is 0 Å². The molecule has 0 fully saturated rings. The maximum Gasteiger partial charge on any atom is 0.263 e. The van der Waals surface area contributed by atoms with Crippen LogP contribution in [0.3, 0.4) is 0 Å². The smallest absolute Gasteiger partial charge is 0.263 e. The molecule has 0 aliphatic heterocycles. The van der Waals surface area contributed by atoms with Crippen molar-refractivity contribution >= 4 is 27.9 Å². The van der Waals surface area contributed by atoms with Crippen LogP contribution in [0.4, 0.5) is 10.7 Å². The molecule has 5 heteroatoms. The van der Waals surface area contributed by atoms with E-state index in [0.717, 1.165) is 5.00 Å². The van der Waals surface area contributed by atoms with Crippen LogP contribution in [0.5, 0.6) is 0 Å². The normalized spacial score (nSPS) is 9.69. The summed E-state index contributed by atoms with van der Waals surface area (Å²) >= 11 is 1.36. The Labute approximate surface area is 81.1 Å². The number of thiophene rings is 1. The quantitative estimate of drug-likeness (QED) is 0.683. The second-order valence-electron chi connectivity index (χ2n) is 2.50. The predicted molar refractivity (Wildman–Crippen MR) is 56.3 cm³/mol. The monoisotopic (exact) mass is 199 g/mol. The second kappa shape index (κ2) is 4.13. The van der Waals surface area contributed by atoms with E-state index >= 15 is 0 Å². The summed E-state index contributed by atoms with van der Waals surface area (Å²) in [6.07, 6.45) is 0. The van der Waals surface area contributed by atoms with Crippen molar-refractivity contribution in [1.29, 1.82) is 0 Å². The number of amides is 1. The van der Waals surface area contributed by atoms with E-state index in [1.165, 1.54) is 11.3 Å². The van der Waals surface area contributed by atoms with E-state index in [1.807, 2.05) is 6.92 Å². The van der Waals surface area contributed by atoms with Gasteiger partial charge >= 0.3 is 0 Å². The summed E-state index contributed by atoms with van der Waals surface area (Å²) in [5.74, 6) is -0.105. The van der Waals surface area contributed by atoms with E-state index in [-0.39, 0.29) is 5.91 Å². The minimum atomic E-state index is -0.105. The Hall–Kier alpha value is -1.23. The van der Waals surface area contributed by atoms with Crippen LogP contribution in [-0.2, 0) is 0 Å². The maximum absolute atomic E-state index is 11.4. The van der Waals surface area contributed by atoms with Crippen molar-refractivity contribution in [2.45, 2.75) is 6.92 Å². The fourth-order valence-electron chi connectivity index (χ4n) is 0.947. The summed E-state index contributed by atoms with van der Waals surface area (Å²) in [5.41, 5.74) is 6.19. The Morgan fingerprint density at radius 1 is 1.69 bits per heavy atom. The molecule has 0 radical (unpaired) electrons. The zero-order chi connectivity index (χ0) is 9.84. The molecule has 4 nitrogen and oxygen atoms in total. The van der Waals surface area contributed by atoms with Gasteiger partial charge in [0.25, 0.3) is 5.91 Å². The second-order valence-corrected chi connectivity index (χ2v) is 3.56. The van der Waals surface area contributed by atoms with Crippen molar-refractivity contribution < 1.29 is 4.79 Å². The number of anilines is 2. The third-order valence-electron chi connectivity index (χ3n) is 1.55. The van der Waals surface area contributed by atoms with E-state index in [0.29, 0.717) is 17.1 Å². The number of nitrogen functional groups attached to an aromatic ring is 1. The third kappa shape index (κ3) is 2.12. The van der Waals surface area contributed by atoms with Crippen molar-refractivity contribution in [2.75, 3.05) is 24.6 Å². The minimum Gasteiger partial charge on any atom is -0.397 e. The molecule has 0 aromatic carbocycles. The minimum absolute atomic E-state index is 0.105. The fraction of sp³-hybridized carbons (Fsp3) is 0.375. The van der Waals surface area contributed by atoms with Crippen LogP contribution in [-0.4, -0.2) is 19.5 Å². The van der Waals surface area contributed by atoms with Gasteiger partial charge in [0, 0.05) is 13.6 Å². The lowest BCUT2D eigenvalue weighted by atomic mass is 10.4. The molecule has 0 unspecified atom stereocenters. The molecule has 1 aromatic rings. The van der Waals surface area contributed by atoms with Crippen molar-refractivity contribution in [3.05, 3.63) is 10.9 Å². The molecule has 72 valence electrons. The van der Waals surface area contributed by atoms with Gasteiger partial charge < -0.3 is 16.4 Å². The average Bonchev–Trinajstić information content (AvgIpc) is 2.47. The third-order valence-corrected chi connectivity index (χ3v) is 2.72. The molecule has 0 atom stereocenters. The first-order valence-corrected chi connectivity index (χ1v) is 4.86. The molecule has 1 heterocycles. The summed E-state index contributed by atoms with van der Waals surface area (Å²) in [7, 11) is 1.80. The SMILES string of the molecule is CCNC(=O)c1sc(NC)cc1N. The average molecular weight is 199 g/mol. The molecule has 1 amide bonds. The fourth-order valence-corrected chi connectivity index (χ4v) is 1.80. The number of nitrogens with two attached hydrogens (primary N) is 1. The molecule has 0 saturated carbocycles. The standard InChI is InChI=1S/C8H13N3OS/c1-3-11-8(12)7-5(9)4-6(10-2)13-7/h4,10H,3,9H2,1-2H3,(H,11,12). The van der Waals surface area contributed by atoms with Crippen molar-refractivity contribution in [2.24, 2.45) is 0 Å². The Morgan fingerprint density at radius 2 is 2.38 bits per heavy atom. The molecule has 1 rings (SSSR count). The number of nitrogens with one attached hydrogen (secondary N) is 2. The van der Waals surface area contributed by atoms with Crippen LogP contribution in [0.1, 0.15) is 16.6 Å². The van der Waals surface area contributed by atoms with E-state index in [2.05, 4.69) is 10.6 Å². The van der Waals surface area contributed by atoms with Gasteiger partial charge in [0.05, 0.1) is 10.7 Å². The highest BCUT2D eigenvalue weighted by atomic mass is 32.1. The zero-order valence-electron chi connectivity index (χ0n) is 7.68. The van der Waals surface area contributed by atoms with Gasteiger partial charge in [-0.05, 0) is 13.0 Å². The number of hydrogen-bond donors (Lipinski definition) is 3. The maximum atomic E-state index is 11.4. The topological polar surface area (TPSA) is 67.2 Å². The lowest BCUT2D eigenvalue weighted by Gasteiger charge is -1.98. The van der Waals surface area contributed by atoms with Crippen molar-refractivity contribution in [3.63, 3.8) is 0 Å². The molecule has 1 aromatic heterocycles.